The maximum absolute atomic E-state index is 12.6. The lowest BCUT2D eigenvalue weighted by Gasteiger charge is -2.66. The van der Waals surface area contributed by atoms with Crippen LogP contribution in [0.4, 0.5) is 0 Å². The molecule has 13 heteroatoms. The highest BCUT2D eigenvalue weighted by Gasteiger charge is 2.70. The zero-order valence-electron chi connectivity index (χ0n) is 28.2. The Morgan fingerprint density at radius 2 is 1.63 bits per heavy atom. The Kier molecular flexibility index (Phi) is 10.7. The summed E-state index contributed by atoms with van der Waals surface area (Å²) in [6.07, 6.45) is -0.342. The Morgan fingerprint density at radius 3 is 2.26 bits per heavy atom. The molecule has 0 aromatic heterocycles. The van der Waals surface area contributed by atoms with Gasteiger partial charge in [-0.1, -0.05) is 34.6 Å². The first-order valence-electron chi connectivity index (χ1n) is 17.3. The SMILES string of the molecule is CO[C@H]1[C@H](O)[C@@H](O[C@@H](CC[C@@H](C)[C@H]2C[C@@H](O)C3[C@]4(O)C[C@H](O)C5C[C@@H](O)CC[C@]5(C)C4CC[C@@]32C)C(C)C)O[C@H]1COS(=O)(=O)O. The van der Waals surface area contributed by atoms with Crippen molar-refractivity contribution in [1.29, 1.82) is 0 Å². The van der Waals surface area contributed by atoms with E-state index in [0.717, 1.165) is 25.7 Å². The molecule has 12 nitrogen and oxygen atoms in total. The van der Waals surface area contributed by atoms with Crippen LogP contribution in [0.3, 0.4) is 0 Å². The van der Waals surface area contributed by atoms with Crippen LogP contribution in [0.5, 0.6) is 0 Å². The van der Waals surface area contributed by atoms with Crippen LogP contribution in [0.2, 0.25) is 0 Å². The summed E-state index contributed by atoms with van der Waals surface area (Å²) in [4.78, 5) is 0. The second kappa shape index (κ2) is 13.4. The summed E-state index contributed by atoms with van der Waals surface area (Å²) in [5.41, 5.74) is -1.78. The van der Waals surface area contributed by atoms with Crippen molar-refractivity contribution in [2.24, 2.45) is 46.3 Å². The van der Waals surface area contributed by atoms with Gasteiger partial charge in [-0.3, -0.25) is 4.55 Å². The summed E-state index contributed by atoms with van der Waals surface area (Å²) in [7, 11) is -3.33. The molecule has 5 rings (SSSR count). The molecule has 1 aliphatic heterocycles. The Labute approximate surface area is 274 Å². The maximum atomic E-state index is 12.6. The molecule has 1 heterocycles. The van der Waals surface area contributed by atoms with Crippen LogP contribution >= 0.6 is 0 Å². The molecule has 4 aliphatic carbocycles. The zero-order valence-corrected chi connectivity index (χ0v) is 29.0. The van der Waals surface area contributed by atoms with Crippen LogP contribution in [0.1, 0.15) is 92.4 Å². The average molecular weight is 679 g/mol. The van der Waals surface area contributed by atoms with Gasteiger partial charge in [-0.25, -0.2) is 4.18 Å². The lowest BCUT2D eigenvalue weighted by Crippen LogP contribution is -2.68. The number of aliphatic hydroxyl groups is 5. The summed E-state index contributed by atoms with van der Waals surface area (Å²) in [5.74, 6) is -0.0431. The molecule has 268 valence electrons. The fourth-order valence-electron chi connectivity index (χ4n) is 11.2. The van der Waals surface area contributed by atoms with Crippen molar-refractivity contribution in [2.45, 2.75) is 147 Å². The predicted octanol–water partition coefficient (Wildman–Crippen LogP) is 2.44. The fraction of sp³-hybridized carbons (Fsp3) is 1.00. The van der Waals surface area contributed by atoms with Crippen molar-refractivity contribution in [3.8, 4) is 0 Å². The van der Waals surface area contributed by atoms with E-state index in [0.29, 0.717) is 25.7 Å². The van der Waals surface area contributed by atoms with Crippen molar-refractivity contribution >= 4 is 10.4 Å². The van der Waals surface area contributed by atoms with E-state index >= 15 is 0 Å². The molecule has 0 amide bonds. The molecule has 0 aromatic rings. The van der Waals surface area contributed by atoms with E-state index in [9.17, 15) is 34.0 Å². The normalized spacial score (nSPS) is 48.9. The van der Waals surface area contributed by atoms with Crippen molar-refractivity contribution in [1.82, 2.24) is 0 Å². The van der Waals surface area contributed by atoms with Gasteiger partial charge in [0.2, 0.25) is 0 Å². The number of fused-ring (bicyclic) bond motifs is 5. The van der Waals surface area contributed by atoms with Crippen LogP contribution in [-0.2, 0) is 28.8 Å². The first kappa shape index (κ1) is 36.8. The van der Waals surface area contributed by atoms with E-state index in [1.54, 1.807) is 0 Å². The van der Waals surface area contributed by atoms with Gasteiger partial charge in [0, 0.05) is 19.4 Å². The van der Waals surface area contributed by atoms with E-state index in [1.165, 1.54) is 7.11 Å². The van der Waals surface area contributed by atoms with Gasteiger partial charge in [0.1, 0.15) is 18.3 Å². The molecule has 5 aliphatic rings. The third-order valence-electron chi connectivity index (χ3n) is 13.3. The number of ether oxygens (including phenoxy) is 3. The number of hydrogen-bond acceptors (Lipinski definition) is 11. The van der Waals surface area contributed by atoms with Gasteiger partial charge in [-0.05, 0) is 91.8 Å². The molecule has 1 saturated heterocycles. The Morgan fingerprint density at radius 1 is 0.957 bits per heavy atom. The van der Waals surface area contributed by atoms with Crippen molar-refractivity contribution in [2.75, 3.05) is 13.7 Å². The highest BCUT2D eigenvalue weighted by atomic mass is 32.3. The van der Waals surface area contributed by atoms with E-state index in [2.05, 4.69) is 25.0 Å². The minimum absolute atomic E-state index is 0.0399. The highest BCUT2D eigenvalue weighted by Crippen LogP contribution is 2.69. The third kappa shape index (κ3) is 6.57. The van der Waals surface area contributed by atoms with Crippen LogP contribution in [0, 0.1) is 46.3 Å². The van der Waals surface area contributed by atoms with E-state index in [4.69, 9.17) is 18.8 Å². The second-order valence-corrected chi connectivity index (χ2v) is 17.3. The van der Waals surface area contributed by atoms with E-state index < -0.39 is 65.5 Å². The van der Waals surface area contributed by atoms with Gasteiger partial charge >= 0.3 is 10.4 Å². The Balaban J connectivity index is 1.26. The van der Waals surface area contributed by atoms with Crippen molar-refractivity contribution in [3.05, 3.63) is 0 Å². The lowest BCUT2D eigenvalue weighted by atomic mass is 9.42. The zero-order chi connectivity index (χ0) is 34.0. The highest BCUT2D eigenvalue weighted by molar-refractivity contribution is 7.80. The fourth-order valence-corrected chi connectivity index (χ4v) is 11.5. The van der Waals surface area contributed by atoms with Crippen LogP contribution in [0.15, 0.2) is 0 Å². The quantitative estimate of drug-likeness (QED) is 0.175. The first-order valence-corrected chi connectivity index (χ1v) is 18.6. The van der Waals surface area contributed by atoms with Gasteiger partial charge < -0.3 is 39.7 Å². The Hall–Kier alpha value is -0.450. The molecular weight excluding hydrogens is 620 g/mol. The summed E-state index contributed by atoms with van der Waals surface area (Å²) < 4.78 is 53.0. The molecule has 0 spiro atoms. The van der Waals surface area contributed by atoms with Crippen molar-refractivity contribution in [3.63, 3.8) is 0 Å². The van der Waals surface area contributed by atoms with E-state index in [-0.39, 0.29) is 58.9 Å². The summed E-state index contributed by atoms with van der Waals surface area (Å²) in [6, 6.07) is 0. The summed E-state index contributed by atoms with van der Waals surface area (Å²) in [5, 5.41) is 56.8. The molecule has 3 unspecified atom stereocenters. The van der Waals surface area contributed by atoms with Crippen LogP contribution < -0.4 is 0 Å². The van der Waals surface area contributed by atoms with Gasteiger partial charge in [0.25, 0.3) is 0 Å². The lowest BCUT2D eigenvalue weighted by molar-refractivity contribution is -0.263. The minimum atomic E-state index is -4.70. The molecule has 0 radical (unpaired) electrons. The topological polar surface area (TPSA) is 192 Å². The number of rotatable bonds is 11. The first-order chi connectivity index (χ1) is 21.4. The molecule has 0 bridgehead atoms. The second-order valence-electron chi connectivity index (χ2n) is 16.2. The average Bonchev–Trinajstić information content (AvgIpc) is 3.41. The molecule has 5 fully saturated rings. The monoisotopic (exact) mass is 678 g/mol. The largest absolute Gasteiger partial charge is 0.397 e. The van der Waals surface area contributed by atoms with Gasteiger partial charge in [0.15, 0.2) is 6.29 Å². The predicted molar refractivity (Wildman–Crippen MR) is 167 cm³/mol. The molecule has 0 aromatic carbocycles. The van der Waals surface area contributed by atoms with Gasteiger partial charge in [0.05, 0.1) is 36.6 Å². The smallest absolute Gasteiger partial charge is 0.393 e. The molecular formula is C33H58O12S. The molecule has 6 N–H and O–H groups in total. The minimum Gasteiger partial charge on any atom is -0.393 e. The molecule has 16 atom stereocenters. The van der Waals surface area contributed by atoms with Crippen molar-refractivity contribution < 1.29 is 56.9 Å². The third-order valence-corrected chi connectivity index (χ3v) is 13.8. The maximum Gasteiger partial charge on any atom is 0.397 e. The summed E-state index contributed by atoms with van der Waals surface area (Å²) in [6.45, 7) is 10.1. The van der Waals surface area contributed by atoms with Crippen LogP contribution in [-0.4, -0.2) is 107 Å². The number of aliphatic hydroxyl groups excluding tert-OH is 4. The number of methoxy groups -OCH3 is 1. The van der Waals surface area contributed by atoms with Gasteiger partial charge in [-0.2, -0.15) is 8.42 Å². The molecule has 46 heavy (non-hydrogen) atoms. The number of hydrogen-bond donors (Lipinski definition) is 6. The van der Waals surface area contributed by atoms with E-state index in [1.807, 2.05) is 13.8 Å². The standard InChI is InChI=1S/C33H58O12S/c1-17(2)24(44-30-27(37)28(42-6)25(45-30)16-43-46(39,40)41)8-7-18(3)20-14-22(35)29-32(20,5)12-10-26-31(4)11-9-19(34)13-21(31)23(36)15-33(26,29)38/h17-30,34-38H,7-16H2,1-6H3,(H,39,40,41)/t18-,19+,20-,21?,22-,23+,24+,25+,26?,27+,28-,29?,30+,31+,32-,33+/m1/s1. The Bertz CT molecular complexity index is 1170. The molecule has 4 saturated carbocycles. The van der Waals surface area contributed by atoms with Crippen LogP contribution in [0.25, 0.3) is 0 Å². The van der Waals surface area contributed by atoms with Gasteiger partial charge in [-0.15, -0.1) is 0 Å². The summed E-state index contributed by atoms with van der Waals surface area (Å²) >= 11 is 0.